The number of amides is 2. The van der Waals surface area contributed by atoms with Gasteiger partial charge in [-0.25, -0.2) is 4.79 Å². The van der Waals surface area contributed by atoms with Crippen molar-refractivity contribution in [2.75, 3.05) is 11.9 Å². The maximum absolute atomic E-state index is 11.6. The van der Waals surface area contributed by atoms with Crippen LogP contribution in [0.5, 0.6) is 0 Å². The average Bonchev–Trinajstić information content (AvgIpc) is 2.34. The Hall–Kier alpha value is -1.75. The Bertz CT molecular complexity index is 463. The summed E-state index contributed by atoms with van der Waals surface area (Å²) in [6.07, 6.45) is 1.29. The lowest BCUT2D eigenvalue weighted by atomic mass is 10.2. The van der Waals surface area contributed by atoms with Crippen LogP contribution in [0.15, 0.2) is 18.2 Å². The zero-order valence-electron chi connectivity index (χ0n) is 10.7. The first-order valence-corrected chi connectivity index (χ1v) is 6.40. The van der Waals surface area contributed by atoms with E-state index in [0.717, 1.165) is 5.56 Å². The second-order valence-electron chi connectivity index (χ2n) is 4.17. The number of urea groups is 1. The fraction of sp³-hybridized carbons (Fsp3) is 0.385. The van der Waals surface area contributed by atoms with Crippen LogP contribution in [0.4, 0.5) is 10.5 Å². The zero-order chi connectivity index (χ0) is 14.3. The van der Waals surface area contributed by atoms with Crippen molar-refractivity contribution in [3.05, 3.63) is 28.8 Å². The van der Waals surface area contributed by atoms with Crippen molar-refractivity contribution >= 4 is 29.3 Å². The summed E-state index contributed by atoms with van der Waals surface area (Å²) in [4.78, 5) is 21.9. The van der Waals surface area contributed by atoms with Gasteiger partial charge in [-0.15, -0.1) is 0 Å². The fourth-order valence-electron chi connectivity index (χ4n) is 1.51. The molecule has 0 saturated carbocycles. The number of carbonyl (C=O) groups is 2. The number of benzene rings is 1. The van der Waals surface area contributed by atoms with Crippen LogP contribution in [0, 0.1) is 6.92 Å². The molecule has 0 unspecified atom stereocenters. The highest BCUT2D eigenvalue weighted by Gasteiger charge is 2.06. The van der Waals surface area contributed by atoms with Gasteiger partial charge in [0, 0.05) is 13.0 Å². The van der Waals surface area contributed by atoms with Crippen LogP contribution in [0.25, 0.3) is 0 Å². The number of anilines is 1. The summed E-state index contributed by atoms with van der Waals surface area (Å²) >= 11 is 6.05. The number of hydrogen-bond donors (Lipinski definition) is 3. The van der Waals surface area contributed by atoms with Crippen LogP contribution < -0.4 is 10.6 Å². The molecule has 0 fully saturated rings. The Labute approximate surface area is 117 Å². The third kappa shape index (κ3) is 5.61. The van der Waals surface area contributed by atoms with Crippen molar-refractivity contribution in [3.63, 3.8) is 0 Å². The van der Waals surface area contributed by atoms with Gasteiger partial charge < -0.3 is 15.7 Å². The van der Waals surface area contributed by atoms with Gasteiger partial charge in [0.25, 0.3) is 0 Å². The van der Waals surface area contributed by atoms with Gasteiger partial charge in [-0.3, -0.25) is 4.79 Å². The predicted octanol–water partition coefficient (Wildman–Crippen LogP) is 3.02. The molecule has 0 heterocycles. The third-order valence-electron chi connectivity index (χ3n) is 2.54. The number of unbranched alkanes of at least 4 members (excludes halogenated alkanes) is 1. The van der Waals surface area contributed by atoms with E-state index in [1.807, 2.05) is 19.1 Å². The van der Waals surface area contributed by atoms with E-state index in [2.05, 4.69) is 10.6 Å². The summed E-state index contributed by atoms with van der Waals surface area (Å²) in [6, 6.07) is 5.04. The first-order valence-electron chi connectivity index (χ1n) is 6.02. The molecule has 1 rings (SSSR count). The van der Waals surface area contributed by atoms with Crippen molar-refractivity contribution in [3.8, 4) is 0 Å². The Kier molecular flexibility index (Phi) is 6.15. The van der Waals surface area contributed by atoms with Gasteiger partial charge in [-0.1, -0.05) is 23.7 Å². The molecule has 1 aromatic rings. The molecule has 2 amide bonds. The zero-order valence-corrected chi connectivity index (χ0v) is 11.5. The van der Waals surface area contributed by atoms with Crippen molar-refractivity contribution < 1.29 is 14.7 Å². The Balaban J connectivity index is 2.31. The monoisotopic (exact) mass is 284 g/mol. The van der Waals surface area contributed by atoms with Gasteiger partial charge in [0.05, 0.1) is 10.7 Å². The molecule has 0 aliphatic rings. The minimum atomic E-state index is -0.823. The van der Waals surface area contributed by atoms with Crippen molar-refractivity contribution in [2.45, 2.75) is 26.2 Å². The van der Waals surface area contributed by atoms with Gasteiger partial charge in [0.1, 0.15) is 0 Å². The quantitative estimate of drug-likeness (QED) is 0.703. The Morgan fingerprint density at radius 2 is 2.05 bits per heavy atom. The van der Waals surface area contributed by atoms with Gasteiger partial charge in [-0.2, -0.15) is 0 Å². The van der Waals surface area contributed by atoms with E-state index in [9.17, 15) is 9.59 Å². The highest BCUT2D eigenvalue weighted by Crippen LogP contribution is 2.24. The predicted molar refractivity (Wildman–Crippen MR) is 74.7 cm³/mol. The number of carboxylic acid groups (broad SMARTS) is 1. The molecule has 5 nitrogen and oxygen atoms in total. The van der Waals surface area contributed by atoms with Crippen molar-refractivity contribution in [1.82, 2.24) is 5.32 Å². The maximum atomic E-state index is 11.6. The average molecular weight is 285 g/mol. The normalized spacial score (nSPS) is 10.0. The number of halogens is 1. The number of carboxylic acids is 1. The van der Waals surface area contributed by atoms with E-state index in [4.69, 9.17) is 16.7 Å². The fourth-order valence-corrected chi connectivity index (χ4v) is 1.69. The molecule has 1 aromatic carbocycles. The van der Waals surface area contributed by atoms with Crippen molar-refractivity contribution in [1.29, 1.82) is 0 Å². The first-order chi connectivity index (χ1) is 9.00. The summed E-state index contributed by atoms with van der Waals surface area (Å²) < 4.78 is 0. The molecule has 19 heavy (non-hydrogen) atoms. The highest BCUT2D eigenvalue weighted by atomic mass is 35.5. The van der Waals surface area contributed by atoms with Crippen LogP contribution in [0.3, 0.4) is 0 Å². The van der Waals surface area contributed by atoms with Crippen LogP contribution in [-0.2, 0) is 4.79 Å². The second kappa shape index (κ2) is 7.63. The van der Waals surface area contributed by atoms with Gasteiger partial charge in [0.2, 0.25) is 0 Å². The number of rotatable bonds is 6. The van der Waals surface area contributed by atoms with Crippen LogP contribution in [-0.4, -0.2) is 23.7 Å². The van der Waals surface area contributed by atoms with Crippen LogP contribution >= 0.6 is 11.6 Å². The van der Waals surface area contributed by atoms with E-state index >= 15 is 0 Å². The number of aliphatic carboxylic acids is 1. The second-order valence-corrected chi connectivity index (χ2v) is 4.55. The van der Waals surface area contributed by atoms with E-state index in [1.165, 1.54) is 0 Å². The number of nitrogens with one attached hydrogen (secondary N) is 2. The molecule has 0 aliphatic heterocycles. The molecule has 0 atom stereocenters. The van der Waals surface area contributed by atoms with Crippen LogP contribution in [0.2, 0.25) is 5.02 Å². The standard InChI is InChI=1S/C13H17ClN2O3/c1-9-5-4-6-10(12(9)14)16-13(19)15-8-3-2-7-11(17)18/h4-6H,2-3,7-8H2,1H3,(H,17,18)(H2,15,16,19). The van der Waals surface area contributed by atoms with Gasteiger partial charge >= 0.3 is 12.0 Å². The first kappa shape index (κ1) is 15.3. The summed E-state index contributed by atoms with van der Waals surface area (Å²) in [7, 11) is 0. The van der Waals surface area contributed by atoms with Gasteiger partial charge in [-0.05, 0) is 31.4 Å². The molecule has 0 saturated heterocycles. The summed E-state index contributed by atoms with van der Waals surface area (Å²) in [6.45, 7) is 2.29. The molecule has 0 aliphatic carbocycles. The smallest absolute Gasteiger partial charge is 0.319 e. The molecular formula is C13H17ClN2O3. The summed E-state index contributed by atoms with van der Waals surface area (Å²) in [5.41, 5.74) is 1.45. The summed E-state index contributed by atoms with van der Waals surface area (Å²) in [5, 5.41) is 14.3. The minimum Gasteiger partial charge on any atom is -0.481 e. The molecule has 0 radical (unpaired) electrons. The lowest BCUT2D eigenvalue weighted by molar-refractivity contribution is -0.137. The van der Waals surface area contributed by atoms with E-state index in [0.29, 0.717) is 30.1 Å². The third-order valence-corrected chi connectivity index (χ3v) is 3.04. The molecule has 6 heteroatoms. The minimum absolute atomic E-state index is 0.118. The molecular weight excluding hydrogens is 268 g/mol. The van der Waals surface area contributed by atoms with E-state index in [-0.39, 0.29) is 12.5 Å². The lowest BCUT2D eigenvalue weighted by Gasteiger charge is -2.10. The van der Waals surface area contributed by atoms with Crippen molar-refractivity contribution in [2.24, 2.45) is 0 Å². The number of aryl methyl sites for hydroxylation is 1. The highest BCUT2D eigenvalue weighted by molar-refractivity contribution is 6.34. The molecule has 0 spiro atoms. The number of carbonyl (C=O) groups excluding carboxylic acids is 1. The molecule has 104 valence electrons. The number of hydrogen-bond acceptors (Lipinski definition) is 2. The topological polar surface area (TPSA) is 78.4 Å². The Morgan fingerprint density at radius 1 is 1.32 bits per heavy atom. The molecule has 3 N–H and O–H groups in total. The lowest BCUT2D eigenvalue weighted by Crippen LogP contribution is -2.29. The van der Waals surface area contributed by atoms with Gasteiger partial charge in [0.15, 0.2) is 0 Å². The van der Waals surface area contributed by atoms with Crippen LogP contribution in [0.1, 0.15) is 24.8 Å². The summed E-state index contributed by atoms with van der Waals surface area (Å²) in [5.74, 6) is -0.823. The molecule has 0 aromatic heterocycles. The molecule has 0 bridgehead atoms. The van der Waals surface area contributed by atoms with E-state index in [1.54, 1.807) is 6.07 Å². The Morgan fingerprint density at radius 3 is 2.74 bits per heavy atom. The maximum Gasteiger partial charge on any atom is 0.319 e. The van der Waals surface area contributed by atoms with E-state index < -0.39 is 5.97 Å². The largest absolute Gasteiger partial charge is 0.481 e. The SMILES string of the molecule is Cc1cccc(NC(=O)NCCCCC(=O)O)c1Cl.